The summed E-state index contributed by atoms with van der Waals surface area (Å²) < 4.78 is 41.8. The summed E-state index contributed by atoms with van der Waals surface area (Å²) in [6, 6.07) is 7.11. The molecule has 1 rings (SSSR count). The lowest BCUT2D eigenvalue weighted by Crippen LogP contribution is -2.15. The van der Waals surface area contributed by atoms with Crippen molar-refractivity contribution in [2.24, 2.45) is 0 Å². The van der Waals surface area contributed by atoms with E-state index >= 15 is 0 Å². The van der Waals surface area contributed by atoms with Crippen molar-refractivity contribution in [2.45, 2.75) is 38.5 Å². The molecule has 1 aromatic rings. The van der Waals surface area contributed by atoms with Crippen molar-refractivity contribution in [3.8, 4) is 0 Å². The van der Waals surface area contributed by atoms with Crippen LogP contribution in [0.15, 0.2) is 24.3 Å². The van der Waals surface area contributed by atoms with Crippen molar-refractivity contribution in [1.82, 2.24) is 0 Å². The molecule has 0 aliphatic carbocycles. The molecule has 0 aliphatic rings. The van der Waals surface area contributed by atoms with E-state index in [9.17, 15) is 13.2 Å². The normalized spacial score (nSPS) is 14.1. The van der Waals surface area contributed by atoms with Gasteiger partial charge in [-0.15, -0.1) is 0 Å². The van der Waals surface area contributed by atoms with Gasteiger partial charge in [-0.1, -0.05) is 38.1 Å². The minimum absolute atomic E-state index is 0.368. The van der Waals surface area contributed by atoms with Gasteiger partial charge < -0.3 is 4.74 Å². The van der Waals surface area contributed by atoms with Gasteiger partial charge in [0.1, 0.15) is 0 Å². The molecule has 1 unspecified atom stereocenters. The lowest BCUT2D eigenvalue weighted by Gasteiger charge is -2.18. The first kappa shape index (κ1) is 14.0. The summed E-state index contributed by atoms with van der Waals surface area (Å²) >= 11 is 0. The van der Waals surface area contributed by atoms with Crippen molar-refractivity contribution >= 4 is 0 Å². The van der Waals surface area contributed by atoms with E-state index in [0.29, 0.717) is 11.5 Å². The molecule has 1 atom stereocenters. The third-order valence-electron chi connectivity index (χ3n) is 2.68. The van der Waals surface area contributed by atoms with Crippen LogP contribution in [0.3, 0.4) is 0 Å². The first-order valence-corrected chi connectivity index (χ1v) is 5.53. The quantitative estimate of drug-likeness (QED) is 0.762. The molecule has 0 heterocycles. The Morgan fingerprint density at radius 3 is 1.88 bits per heavy atom. The smallest absolute Gasteiger partial charge is 0.376 e. The van der Waals surface area contributed by atoms with Crippen LogP contribution in [0.5, 0.6) is 0 Å². The number of hydrogen-bond acceptors (Lipinski definition) is 1. The van der Waals surface area contributed by atoms with Crippen LogP contribution in [-0.4, -0.2) is 13.3 Å². The summed E-state index contributed by atoms with van der Waals surface area (Å²) in [6.45, 7) is 4.08. The molecule has 0 saturated heterocycles. The second-order valence-corrected chi connectivity index (χ2v) is 4.37. The Labute approximate surface area is 99.6 Å². The molecule has 17 heavy (non-hydrogen) atoms. The fraction of sp³-hybridized carbons (Fsp3) is 0.538. The number of methoxy groups -OCH3 is 1. The van der Waals surface area contributed by atoms with Gasteiger partial charge in [0, 0.05) is 7.11 Å². The highest BCUT2D eigenvalue weighted by Crippen LogP contribution is 2.32. The third-order valence-corrected chi connectivity index (χ3v) is 2.68. The average Bonchev–Trinajstić information content (AvgIpc) is 2.25. The van der Waals surface area contributed by atoms with Gasteiger partial charge in [-0.3, -0.25) is 0 Å². The van der Waals surface area contributed by atoms with Crippen LogP contribution >= 0.6 is 0 Å². The molecule has 0 amide bonds. The molecule has 0 saturated carbocycles. The highest BCUT2D eigenvalue weighted by atomic mass is 19.4. The van der Waals surface area contributed by atoms with Gasteiger partial charge in [-0.05, 0) is 17.0 Å². The summed E-state index contributed by atoms with van der Waals surface area (Å²) in [4.78, 5) is 0. The van der Waals surface area contributed by atoms with Gasteiger partial charge in [0.15, 0.2) is 0 Å². The molecule has 0 aliphatic heterocycles. The van der Waals surface area contributed by atoms with Crippen LogP contribution in [0.2, 0.25) is 0 Å². The maximum Gasteiger partial charge on any atom is 0.391 e. The van der Waals surface area contributed by atoms with Gasteiger partial charge in [-0.2, -0.15) is 13.2 Å². The Morgan fingerprint density at radius 1 is 1.06 bits per heavy atom. The first-order valence-electron chi connectivity index (χ1n) is 5.53. The lowest BCUT2D eigenvalue weighted by molar-refractivity contribution is -0.158. The summed E-state index contributed by atoms with van der Waals surface area (Å²) in [6.07, 6.45) is -6.08. The van der Waals surface area contributed by atoms with E-state index in [1.807, 2.05) is 26.0 Å². The Morgan fingerprint density at radius 2 is 1.53 bits per heavy atom. The van der Waals surface area contributed by atoms with Gasteiger partial charge in [0.05, 0.1) is 12.5 Å². The molecular weight excluding hydrogens is 229 g/mol. The molecule has 0 spiro atoms. The molecule has 0 fully saturated rings. The minimum Gasteiger partial charge on any atom is -0.376 e. The Balaban J connectivity index is 2.82. The van der Waals surface area contributed by atoms with E-state index in [1.165, 1.54) is 7.11 Å². The molecule has 0 radical (unpaired) electrons. The van der Waals surface area contributed by atoms with Crippen LogP contribution in [0, 0.1) is 0 Å². The molecule has 1 aromatic carbocycles. The van der Waals surface area contributed by atoms with Crippen molar-refractivity contribution < 1.29 is 17.9 Å². The van der Waals surface area contributed by atoms with Gasteiger partial charge in [0.2, 0.25) is 0 Å². The zero-order valence-electron chi connectivity index (χ0n) is 10.2. The van der Waals surface area contributed by atoms with Crippen molar-refractivity contribution in [1.29, 1.82) is 0 Å². The highest BCUT2D eigenvalue weighted by molar-refractivity contribution is 5.26. The molecule has 1 nitrogen and oxygen atoms in total. The topological polar surface area (TPSA) is 9.23 Å². The monoisotopic (exact) mass is 246 g/mol. The summed E-state index contributed by atoms with van der Waals surface area (Å²) in [5.41, 5.74) is 1.67. The van der Waals surface area contributed by atoms with E-state index < -0.39 is 18.7 Å². The second kappa shape index (κ2) is 5.54. The van der Waals surface area contributed by atoms with E-state index in [-0.39, 0.29) is 0 Å². The predicted octanol–water partition coefficient (Wildman–Crippen LogP) is 4.45. The van der Waals surface area contributed by atoms with Crippen molar-refractivity contribution in [3.63, 3.8) is 0 Å². The number of halogens is 3. The minimum atomic E-state index is -4.21. The number of benzene rings is 1. The van der Waals surface area contributed by atoms with Crippen LogP contribution in [0.1, 0.15) is 43.4 Å². The van der Waals surface area contributed by atoms with Gasteiger partial charge in [-0.25, -0.2) is 0 Å². The van der Waals surface area contributed by atoms with E-state index in [0.717, 1.165) is 5.56 Å². The van der Waals surface area contributed by atoms with E-state index in [1.54, 1.807) is 12.1 Å². The maximum absolute atomic E-state index is 12.3. The number of alkyl halides is 3. The third kappa shape index (κ3) is 4.38. The number of rotatable bonds is 4. The average molecular weight is 246 g/mol. The molecular formula is C13H17F3O. The fourth-order valence-corrected chi connectivity index (χ4v) is 1.64. The zero-order valence-corrected chi connectivity index (χ0v) is 10.2. The number of ether oxygens (including phenoxy) is 1. The molecule has 4 heteroatoms. The van der Waals surface area contributed by atoms with E-state index in [2.05, 4.69) is 0 Å². The second-order valence-electron chi connectivity index (χ2n) is 4.37. The van der Waals surface area contributed by atoms with Crippen LogP contribution < -0.4 is 0 Å². The first-order chi connectivity index (χ1) is 7.83. The van der Waals surface area contributed by atoms with Crippen LogP contribution in [-0.2, 0) is 4.74 Å². The highest BCUT2D eigenvalue weighted by Gasteiger charge is 2.32. The lowest BCUT2D eigenvalue weighted by atomic mass is 9.99. The summed E-state index contributed by atoms with van der Waals surface area (Å²) in [5, 5.41) is 0. The van der Waals surface area contributed by atoms with Crippen LogP contribution in [0.4, 0.5) is 13.2 Å². The molecule has 0 N–H and O–H groups in total. The Hall–Kier alpha value is -1.03. The zero-order chi connectivity index (χ0) is 13.1. The Kier molecular flexibility index (Phi) is 4.57. The number of hydrogen-bond donors (Lipinski definition) is 0. The maximum atomic E-state index is 12.3. The molecule has 96 valence electrons. The van der Waals surface area contributed by atoms with Crippen LogP contribution in [0.25, 0.3) is 0 Å². The predicted molar refractivity (Wildman–Crippen MR) is 61.0 cm³/mol. The van der Waals surface area contributed by atoms with E-state index in [4.69, 9.17) is 4.74 Å². The molecule has 0 bridgehead atoms. The fourth-order valence-electron chi connectivity index (χ4n) is 1.64. The molecule has 0 aromatic heterocycles. The Bertz CT molecular complexity index is 341. The van der Waals surface area contributed by atoms with Gasteiger partial charge in [0.25, 0.3) is 0 Å². The summed E-state index contributed by atoms with van der Waals surface area (Å²) in [5.74, 6) is 0.368. The standard InChI is InChI=1S/C13H17F3O/c1-9(2)10-4-6-11(7-5-10)12(17-3)8-13(14,15)16/h4-7,9,12H,8H2,1-3H3. The SMILES string of the molecule is COC(CC(F)(F)F)c1ccc(C(C)C)cc1. The van der Waals surface area contributed by atoms with Gasteiger partial charge >= 0.3 is 6.18 Å². The van der Waals surface area contributed by atoms with Crippen molar-refractivity contribution in [2.75, 3.05) is 7.11 Å². The largest absolute Gasteiger partial charge is 0.391 e. The summed E-state index contributed by atoms with van der Waals surface area (Å²) in [7, 11) is 1.30. The van der Waals surface area contributed by atoms with Crippen molar-refractivity contribution in [3.05, 3.63) is 35.4 Å².